The first-order chi connectivity index (χ1) is 10.7. The van der Waals surface area contributed by atoms with Crippen LogP contribution >= 0.6 is 0 Å². The number of carbonyl (C=O) groups is 1. The lowest BCUT2D eigenvalue weighted by molar-refractivity contribution is -0.135. The molecular weight excluding hydrogens is 280 g/mol. The van der Waals surface area contributed by atoms with Crippen LogP contribution in [-0.4, -0.2) is 19.7 Å². The van der Waals surface area contributed by atoms with E-state index < -0.39 is 5.97 Å². The number of nitrogens with zero attached hydrogens (tertiary/aromatic N) is 1. The second-order valence-electron chi connectivity index (χ2n) is 4.74. The van der Waals surface area contributed by atoms with Gasteiger partial charge in [-0.3, -0.25) is 0 Å². The quantitative estimate of drug-likeness (QED) is 0.326. The van der Waals surface area contributed by atoms with E-state index in [9.17, 15) is 4.79 Å². The van der Waals surface area contributed by atoms with Gasteiger partial charge in [-0.2, -0.15) is 5.26 Å². The molecule has 0 unspecified atom stereocenters. The number of rotatable bonds is 9. The minimum Gasteiger partial charge on any atom is -0.494 e. The van der Waals surface area contributed by atoms with Crippen molar-refractivity contribution in [1.29, 1.82) is 5.26 Å². The van der Waals surface area contributed by atoms with Gasteiger partial charge in [-0.1, -0.05) is 32.3 Å². The van der Waals surface area contributed by atoms with E-state index in [1.807, 2.05) is 24.3 Å². The van der Waals surface area contributed by atoms with Gasteiger partial charge >= 0.3 is 5.97 Å². The highest BCUT2D eigenvalue weighted by atomic mass is 16.5. The van der Waals surface area contributed by atoms with E-state index in [0.717, 1.165) is 17.9 Å². The molecule has 5 nitrogen and oxygen atoms in total. The Balaban J connectivity index is 2.55. The van der Waals surface area contributed by atoms with Gasteiger partial charge in [0.2, 0.25) is 0 Å². The van der Waals surface area contributed by atoms with Crippen molar-refractivity contribution in [2.75, 3.05) is 19.0 Å². The Labute approximate surface area is 131 Å². The molecule has 0 fully saturated rings. The number of methoxy groups -OCH3 is 1. The molecule has 0 aromatic heterocycles. The zero-order valence-corrected chi connectivity index (χ0v) is 13.1. The molecule has 0 saturated carbocycles. The summed E-state index contributed by atoms with van der Waals surface area (Å²) in [5, 5.41) is 11.8. The van der Waals surface area contributed by atoms with Gasteiger partial charge in [-0.15, -0.1) is 0 Å². The second-order valence-corrected chi connectivity index (χ2v) is 4.74. The normalized spacial score (nSPS) is 10.7. The highest BCUT2D eigenvalue weighted by Gasteiger charge is 2.07. The van der Waals surface area contributed by atoms with Crippen LogP contribution in [0, 0.1) is 11.3 Å². The third-order valence-corrected chi connectivity index (χ3v) is 3.01. The summed E-state index contributed by atoms with van der Waals surface area (Å²) >= 11 is 0. The summed E-state index contributed by atoms with van der Waals surface area (Å²) < 4.78 is 10.2. The van der Waals surface area contributed by atoms with Crippen LogP contribution in [0.4, 0.5) is 5.69 Å². The van der Waals surface area contributed by atoms with Crippen LogP contribution in [0.5, 0.6) is 5.75 Å². The molecule has 1 N–H and O–H groups in total. The van der Waals surface area contributed by atoms with Crippen LogP contribution in [0.1, 0.15) is 32.6 Å². The van der Waals surface area contributed by atoms with Crippen LogP contribution in [0.25, 0.3) is 0 Å². The molecule has 22 heavy (non-hydrogen) atoms. The summed E-state index contributed by atoms with van der Waals surface area (Å²) in [6.07, 6.45) is 5.95. The van der Waals surface area contributed by atoms with Crippen LogP contribution in [0.15, 0.2) is 36.0 Å². The summed E-state index contributed by atoms with van der Waals surface area (Å²) in [5.41, 5.74) is 0.649. The fraction of sp³-hybridized carbons (Fsp3) is 0.412. The third kappa shape index (κ3) is 6.31. The number of benzene rings is 1. The summed E-state index contributed by atoms with van der Waals surface area (Å²) in [6, 6.07) is 9.16. The van der Waals surface area contributed by atoms with Crippen molar-refractivity contribution < 1.29 is 14.3 Å². The van der Waals surface area contributed by atoms with Gasteiger partial charge in [0.1, 0.15) is 11.8 Å². The van der Waals surface area contributed by atoms with Crippen molar-refractivity contribution in [2.24, 2.45) is 0 Å². The van der Waals surface area contributed by atoms with E-state index in [-0.39, 0.29) is 5.57 Å². The summed E-state index contributed by atoms with van der Waals surface area (Å²) in [7, 11) is 1.24. The number of hydrogen-bond acceptors (Lipinski definition) is 5. The van der Waals surface area contributed by atoms with E-state index in [0.29, 0.717) is 6.61 Å². The minimum absolute atomic E-state index is 0.0895. The highest BCUT2D eigenvalue weighted by molar-refractivity contribution is 5.93. The minimum atomic E-state index is -0.668. The highest BCUT2D eigenvalue weighted by Crippen LogP contribution is 2.18. The van der Waals surface area contributed by atoms with Crippen molar-refractivity contribution in [3.63, 3.8) is 0 Å². The van der Waals surface area contributed by atoms with Gasteiger partial charge < -0.3 is 14.8 Å². The van der Waals surface area contributed by atoms with Crippen molar-refractivity contribution in [2.45, 2.75) is 32.6 Å². The molecule has 1 rings (SSSR count). The fourth-order valence-corrected chi connectivity index (χ4v) is 1.80. The predicted octanol–water partition coefficient (Wildman–Crippen LogP) is 3.64. The maximum Gasteiger partial charge on any atom is 0.350 e. The third-order valence-electron chi connectivity index (χ3n) is 3.01. The van der Waals surface area contributed by atoms with Crippen LogP contribution in [-0.2, 0) is 9.53 Å². The number of carbonyl (C=O) groups excluding carboxylic acids is 1. The van der Waals surface area contributed by atoms with Crippen LogP contribution < -0.4 is 10.1 Å². The smallest absolute Gasteiger partial charge is 0.350 e. The average molecular weight is 302 g/mol. The lowest BCUT2D eigenvalue weighted by Crippen LogP contribution is -2.05. The van der Waals surface area contributed by atoms with E-state index in [1.54, 1.807) is 6.07 Å². The number of ether oxygens (including phenoxy) is 2. The summed E-state index contributed by atoms with van der Waals surface area (Å²) in [5.74, 6) is 0.0878. The van der Waals surface area contributed by atoms with Gasteiger partial charge in [-0.25, -0.2) is 4.79 Å². The molecule has 0 amide bonds. The van der Waals surface area contributed by atoms with Gasteiger partial charge in [0.25, 0.3) is 0 Å². The van der Waals surface area contributed by atoms with E-state index >= 15 is 0 Å². The second kappa shape index (κ2) is 10.3. The Hall–Kier alpha value is -2.48. The zero-order valence-electron chi connectivity index (χ0n) is 13.1. The molecule has 0 aliphatic rings. The Kier molecular flexibility index (Phi) is 8.21. The van der Waals surface area contributed by atoms with Gasteiger partial charge in [-0.05, 0) is 18.6 Å². The lowest BCUT2D eigenvalue weighted by atomic mass is 10.2. The summed E-state index contributed by atoms with van der Waals surface area (Å²) in [4.78, 5) is 11.3. The number of nitriles is 1. The Morgan fingerprint density at radius 2 is 2.18 bits per heavy atom. The Morgan fingerprint density at radius 1 is 1.36 bits per heavy atom. The number of unbranched alkanes of at least 4 members (excludes halogenated alkanes) is 3. The number of nitrogens with one attached hydrogen (secondary N) is 1. The van der Waals surface area contributed by atoms with Crippen molar-refractivity contribution >= 4 is 11.7 Å². The molecule has 0 aliphatic heterocycles. The Bertz CT molecular complexity index is 547. The van der Waals surface area contributed by atoms with Crippen LogP contribution in [0.3, 0.4) is 0 Å². The standard InChI is InChI=1S/C17H22N2O3/c1-3-4-5-6-10-22-16-9-7-8-15(11-16)19-13-14(12-18)17(20)21-2/h7-9,11,13,19H,3-6,10H2,1-2H3/b14-13-. The SMILES string of the molecule is CCCCCCOc1cccc(N/C=C(/C#N)C(=O)OC)c1. The molecule has 0 radical (unpaired) electrons. The fourth-order valence-electron chi connectivity index (χ4n) is 1.80. The molecule has 0 atom stereocenters. The average Bonchev–Trinajstić information content (AvgIpc) is 2.55. The zero-order chi connectivity index (χ0) is 16.2. The largest absolute Gasteiger partial charge is 0.494 e. The molecule has 0 heterocycles. The molecule has 0 saturated heterocycles. The predicted molar refractivity (Wildman–Crippen MR) is 85.4 cm³/mol. The van der Waals surface area contributed by atoms with Crippen molar-refractivity contribution in [3.8, 4) is 11.8 Å². The number of anilines is 1. The Morgan fingerprint density at radius 3 is 2.86 bits per heavy atom. The molecule has 0 spiro atoms. The first-order valence-corrected chi connectivity index (χ1v) is 7.39. The van der Waals surface area contributed by atoms with E-state index in [4.69, 9.17) is 10.00 Å². The van der Waals surface area contributed by atoms with Gasteiger partial charge in [0.05, 0.1) is 13.7 Å². The van der Waals surface area contributed by atoms with Crippen molar-refractivity contribution in [3.05, 3.63) is 36.0 Å². The maximum absolute atomic E-state index is 11.3. The molecule has 0 bridgehead atoms. The van der Waals surface area contributed by atoms with E-state index in [2.05, 4.69) is 17.0 Å². The van der Waals surface area contributed by atoms with Crippen LogP contribution in [0.2, 0.25) is 0 Å². The number of hydrogen-bond donors (Lipinski definition) is 1. The first kappa shape index (κ1) is 17.6. The summed E-state index contributed by atoms with van der Waals surface area (Å²) in [6.45, 7) is 2.86. The first-order valence-electron chi connectivity index (χ1n) is 7.39. The molecule has 118 valence electrons. The van der Waals surface area contributed by atoms with E-state index in [1.165, 1.54) is 32.6 Å². The molecule has 1 aromatic rings. The van der Waals surface area contributed by atoms with Gasteiger partial charge in [0.15, 0.2) is 5.57 Å². The molecular formula is C17H22N2O3. The topological polar surface area (TPSA) is 71.3 Å². The lowest BCUT2D eigenvalue weighted by Gasteiger charge is -2.08. The number of esters is 1. The maximum atomic E-state index is 11.3. The monoisotopic (exact) mass is 302 g/mol. The molecule has 0 aliphatic carbocycles. The van der Waals surface area contributed by atoms with Gasteiger partial charge in [0, 0.05) is 18.0 Å². The molecule has 1 aromatic carbocycles. The molecule has 5 heteroatoms. The van der Waals surface area contributed by atoms with Crippen molar-refractivity contribution in [1.82, 2.24) is 0 Å².